The summed E-state index contributed by atoms with van der Waals surface area (Å²) in [7, 11) is 1.80. The topological polar surface area (TPSA) is 54.2 Å². The second-order valence-electron chi connectivity index (χ2n) is 5.43. The van der Waals surface area contributed by atoms with Gasteiger partial charge in [0, 0.05) is 56.8 Å². The predicted octanol–water partition coefficient (Wildman–Crippen LogP) is 2.48. The van der Waals surface area contributed by atoms with Crippen LogP contribution in [0.15, 0.2) is 34.9 Å². The Bertz CT molecular complexity index is 571. The third kappa shape index (κ3) is 5.18. The van der Waals surface area contributed by atoms with E-state index < -0.39 is 0 Å². The van der Waals surface area contributed by atoms with Crippen LogP contribution in [0.4, 0.5) is 0 Å². The molecular formula is C16H25N5S. The fraction of sp³-hybridized carbons (Fsp3) is 0.500. The molecule has 0 bridgehead atoms. The minimum atomic E-state index is 0.509. The molecule has 0 saturated heterocycles. The molecule has 120 valence electrons. The van der Waals surface area contributed by atoms with E-state index in [-0.39, 0.29) is 0 Å². The molecule has 0 unspecified atom stereocenters. The number of rotatable bonds is 7. The van der Waals surface area contributed by atoms with E-state index in [1.807, 2.05) is 12.1 Å². The fourth-order valence-electron chi connectivity index (χ4n) is 2.05. The van der Waals surface area contributed by atoms with E-state index in [0.717, 1.165) is 37.7 Å². The highest BCUT2D eigenvalue weighted by Gasteiger charge is 2.05. The Morgan fingerprint density at radius 3 is 2.64 bits per heavy atom. The van der Waals surface area contributed by atoms with Crippen LogP contribution in [0.2, 0.25) is 0 Å². The first-order valence-electron chi connectivity index (χ1n) is 7.68. The van der Waals surface area contributed by atoms with Crippen LogP contribution >= 0.6 is 11.3 Å². The van der Waals surface area contributed by atoms with Gasteiger partial charge in [-0.15, -0.1) is 11.3 Å². The Balaban J connectivity index is 1.67. The third-order valence-corrected chi connectivity index (χ3v) is 4.48. The summed E-state index contributed by atoms with van der Waals surface area (Å²) in [5, 5.41) is 10.0. The lowest BCUT2D eigenvalue weighted by molar-refractivity contribution is 0.664. The Hall–Kier alpha value is -1.82. The van der Waals surface area contributed by atoms with Crippen LogP contribution in [-0.2, 0) is 13.0 Å². The molecule has 0 aliphatic heterocycles. The smallest absolute Gasteiger partial charge is 0.191 e. The van der Waals surface area contributed by atoms with Gasteiger partial charge in [0.2, 0.25) is 0 Å². The zero-order valence-corrected chi connectivity index (χ0v) is 14.4. The zero-order valence-electron chi connectivity index (χ0n) is 13.5. The average molecular weight is 319 g/mol. The quantitative estimate of drug-likeness (QED) is 0.609. The van der Waals surface area contributed by atoms with E-state index >= 15 is 0 Å². The molecule has 0 atom stereocenters. The van der Waals surface area contributed by atoms with Gasteiger partial charge in [-0.25, -0.2) is 4.98 Å². The first-order valence-corrected chi connectivity index (χ1v) is 8.56. The Kier molecular flexibility index (Phi) is 6.45. The summed E-state index contributed by atoms with van der Waals surface area (Å²) < 4.78 is 2.14. The van der Waals surface area contributed by atoms with Crippen molar-refractivity contribution in [1.29, 1.82) is 0 Å². The number of hydrogen-bond donors (Lipinski definition) is 2. The van der Waals surface area contributed by atoms with Crippen LogP contribution in [0.5, 0.6) is 0 Å². The highest BCUT2D eigenvalue weighted by atomic mass is 32.1. The number of guanidine groups is 1. The third-order valence-electron chi connectivity index (χ3n) is 3.29. The maximum atomic E-state index is 4.64. The molecular weight excluding hydrogens is 294 g/mol. The lowest BCUT2D eigenvalue weighted by Crippen LogP contribution is -2.39. The van der Waals surface area contributed by atoms with E-state index in [2.05, 4.69) is 56.8 Å². The van der Waals surface area contributed by atoms with Crippen molar-refractivity contribution in [2.45, 2.75) is 32.7 Å². The van der Waals surface area contributed by atoms with Crippen molar-refractivity contribution < 1.29 is 0 Å². The maximum absolute atomic E-state index is 4.64. The molecule has 22 heavy (non-hydrogen) atoms. The molecule has 0 fully saturated rings. The van der Waals surface area contributed by atoms with Crippen LogP contribution in [0.1, 0.15) is 30.5 Å². The summed E-state index contributed by atoms with van der Waals surface area (Å²) >= 11 is 1.75. The molecule has 2 rings (SSSR count). The van der Waals surface area contributed by atoms with Gasteiger partial charge >= 0.3 is 0 Å². The number of nitrogens with one attached hydrogen (secondary N) is 2. The van der Waals surface area contributed by atoms with Crippen molar-refractivity contribution in [3.63, 3.8) is 0 Å². The largest absolute Gasteiger partial charge is 0.356 e. The van der Waals surface area contributed by atoms with Crippen molar-refractivity contribution in [1.82, 2.24) is 20.2 Å². The fourth-order valence-corrected chi connectivity index (χ4v) is 2.92. The lowest BCUT2D eigenvalue weighted by atomic mass is 10.2. The standard InChI is InChI=1S/C16H25N5S/c1-13(2)15-20-14(12-22-15)6-7-18-16(17-3)19-8-11-21-9-4-5-10-21/h4-5,9-10,12-13H,6-8,11H2,1-3H3,(H2,17,18,19). The van der Waals surface area contributed by atoms with Crippen molar-refractivity contribution in [2.24, 2.45) is 4.99 Å². The van der Waals surface area contributed by atoms with Gasteiger partial charge < -0.3 is 15.2 Å². The van der Waals surface area contributed by atoms with Gasteiger partial charge in [0.15, 0.2) is 5.96 Å². The first-order chi connectivity index (χ1) is 10.7. The Morgan fingerprint density at radius 1 is 1.27 bits per heavy atom. The molecule has 0 saturated carbocycles. The Morgan fingerprint density at radius 2 is 2.00 bits per heavy atom. The molecule has 0 aliphatic carbocycles. The van der Waals surface area contributed by atoms with Crippen molar-refractivity contribution in [3.8, 4) is 0 Å². The minimum absolute atomic E-state index is 0.509. The number of aliphatic imine (C=N–C) groups is 1. The summed E-state index contributed by atoms with van der Waals surface area (Å²) in [5.74, 6) is 1.35. The van der Waals surface area contributed by atoms with Gasteiger partial charge in [-0.3, -0.25) is 4.99 Å². The van der Waals surface area contributed by atoms with Gasteiger partial charge in [-0.2, -0.15) is 0 Å². The van der Waals surface area contributed by atoms with Crippen molar-refractivity contribution in [2.75, 3.05) is 20.1 Å². The average Bonchev–Trinajstić information content (AvgIpc) is 3.17. The highest BCUT2D eigenvalue weighted by molar-refractivity contribution is 7.09. The molecule has 0 radical (unpaired) electrons. The predicted molar refractivity (Wildman–Crippen MR) is 93.7 cm³/mol. The van der Waals surface area contributed by atoms with Crippen molar-refractivity contribution >= 4 is 17.3 Å². The molecule has 6 heteroatoms. The Labute approximate surface area is 136 Å². The van der Waals surface area contributed by atoms with Gasteiger partial charge in [0.25, 0.3) is 0 Å². The lowest BCUT2D eigenvalue weighted by Gasteiger charge is -2.11. The zero-order chi connectivity index (χ0) is 15.8. The second kappa shape index (κ2) is 8.58. The maximum Gasteiger partial charge on any atom is 0.191 e. The summed E-state index contributed by atoms with van der Waals surface area (Å²) in [6, 6.07) is 4.07. The number of aromatic nitrogens is 2. The van der Waals surface area contributed by atoms with Crippen LogP contribution in [0, 0.1) is 0 Å². The van der Waals surface area contributed by atoms with Crippen molar-refractivity contribution in [3.05, 3.63) is 40.6 Å². The number of nitrogens with zero attached hydrogens (tertiary/aromatic N) is 3. The van der Waals surface area contributed by atoms with Gasteiger partial charge in [0.05, 0.1) is 10.7 Å². The van der Waals surface area contributed by atoms with Gasteiger partial charge in [-0.05, 0) is 12.1 Å². The number of hydrogen-bond acceptors (Lipinski definition) is 3. The monoisotopic (exact) mass is 319 g/mol. The van der Waals surface area contributed by atoms with Gasteiger partial charge in [-0.1, -0.05) is 13.8 Å². The second-order valence-corrected chi connectivity index (χ2v) is 6.32. The minimum Gasteiger partial charge on any atom is -0.356 e. The summed E-state index contributed by atoms with van der Waals surface area (Å²) in [5.41, 5.74) is 1.16. The molecule has 2 N–H and O–H groups in total. The summed E-state index contributed by atoms with van der Waals surface area (Å²) in [6.07, 6.45) is 5.04. The normalized spacial score (nSPS) is 11.9. The summed E-state index contributed by atoms with van der Waals surface area (Å²) in [6.45, 7) is 6.97. The molecule has 2 aromatic rings. The summed E-state index contributed by atoms with van der Waals surface area (Å²) in [4.78, 5) is 8.88. The van der Waals surface area contributed by atoms with Crippen LogP contribution in [-0.4, -0.2) is 35.6 Å². The molecule has 2 aromatic heterocycles. The van der Waals surface area contributed by atoms with E-state index in [4.69, 9.17) is 0 Å². The van der Waals surface area contributed by atoms with Gasteiger partial charge in [0.1, 0.15) is 0 Å². The van der Waals surface area contributed by atoms with Crippen LogP contribution in [0.3, 0.4) is 0 Å². The van der Waals surface area contributed by atoms with Crippen LogP contribution < -0.4 is 10.6 Å². The first kappa shape index (κ1) is 16.5. The van der Waals surface area contributed by atoms with E-state index in [1.54, 1.807) is 18.4 Å². The highest BCUT2D eigenvalue weighted by Crippen LogP contribution is 2.19. The number of thiazole rings is 1. The van der Waals surface area contributed by atoms with E-state index in [1.165, 1.54) is 5.01 Å². The molecule has 0 amide bonds. The molecule has 5 nitrogen and oxygen atoms in total. The molecule has 0 aromatic carbocycles. The molecule has 0 aliphatic rings. The van der Waals surface area contributed by atoms with E-state index in [0.29, 0.717) is 5.92 Å². The SMILES string of the molecule is CN=C(NCCc1csc(C(C)C)n1)NCCn1cccc1. The van der Waals surface area contributed by atoms with E-state index in [9.17, 15) is 0 Å². The molecule has 2 heterocycles. The molecule has 0 spiro atoms. The van der Waals surface area contributed by atoms with Crippen LogP contribution in [0.25, 0.3) is 0 Å².